The quantitative estimate of drug-likeness (QED) is 0.829. The fourth-order valence-corrected chi connectivity index (χ4v) is 4.39. The number of hydrogen-bond acceptors (Lipinski definition) is 3. The monoisotopic (exact) mass is 344 g/mol. The minimum atomic E-state index is 0.682. The first-order valence-electron chi connectivity index (χ1n) is 7.43. The van der Waals surface area contributed by atoms with E-state index in [0.717, 1.165) is 13.1 Å². The van der Waals surface area contributed by atoms with Gasteiger partial charge < -0.3 is 5.32 Å². The zero-order chi connectivity index (χ0) is 13.7. The molecule has 2 heterocycles. The molecule has 2 unspecified atom stereocenters. The van der Waals surface area contributed by atoms with E-state index in [1.807, 2.05) is 11.3 Å². The number of thiophene rings is 1. The van der Waals surface area contributed by atoms with E-state index < -0.39 is 0 Å². The molecular formula is C15H25BrN2S. The van der Waals surface area contributed by atoms with Crippen molar-refractivity contribution < 1.29 is 0 Å². The van der Waals surface area contributed by atoms with Gasteiger partial charge >= 0.3 is 0 Å². The highest BCUT2D eigenvalue weighted by Crippen LogP contribution is 2.24. The Kier molecular flexibility index (Phi) is 6.33. The maximum absolute atomic E-state index is 3.73. The van der Waals surface area contributed by atoms with Crippen molar-refractivity contribution in [2.24, 2.45) is 0 Å². The van der Waals surface area contributed by atoms with Crippen LogP contribution in [0, 0.1) is 0 Å². The number of nitrogens with zero attached hydrogens (tertiary/aromatic N) is 1. The Morgan fingerprint density at radius 3 is 2.79 bits per heavy atom. The minimum Gasteiger partial charge on any atom is -0.311 e. The molecule has 1 aliphatic rings. The van der Waals surface area contributed by atoms with Crippen LogP contribution >= 0.6 is 27.3 Å². The molecule has 0 spiro atoms. The summed E-state index contributed by atoms with van der Waals surface area (Å²) in [6, 6.07) is 3.66. The molecule has 2 atom stereocenters. The summed E-state index contributed by atoms with van der Waals surface area (Å²) in [5.41, 5.74) is 0. The van der Waals surface area contributed by atoms with Gasteiger partial charge in [-0.15, -0.1) is 11.3 Å². The van der Waals surface area contributed by atoms with Crippen LogP contribution in [0.2, 0.25) is 0 Å². The van der Waals surface area contributed by atoms with Crippen LogP contribution in [0.25, 0.3) is 0 Å². The molecule has 2 nitrogen and oxygen atoms in total. The first kappa shape index (κ1) is 15.5. The maximum Gasteiger partial charge on any atom is 0.0332 e. The molecule has 0 bridgehead atoms. The summed E-state index contributed by atoms with van der Waals surface area (Å²) in [7, 11) is 0. The Balaban J connectivity index is 1.98. The van der Waals surface area contributed by atoms with Gasteiger partial charge in [-0.3, -0.25) is 4.90 Å². The molecule has 1 saturated heterocycles. The molecule has 2 rings (SSSR count). The fraction of sp³-hybridized carbons (Fsp3) is 0.733. The van der Waals surface area contributed by atoms with Gasteiger partial charge in [0, 0.05) is 46.4 Å². The van der Waals surface area contributed by atoms with Gasteiger partial charge in [-0.1, -0.05) is 26.7 Å². The number of rotatable bonds is 6. The lowest BCUT2D eigenvalue weighted by Crippen LogP contribution is -2.55. The summed E-state index contributed by atoms with van der Waals surface area (Å²) in [6.45, 7) is 8.04. The lowest BCUT2D eigenvalue weighted by Gasteiger charge is -2.40. The number of nitrogens with one attached hydrogen (secondary N) is 1. The number of hydrogen-bond donors (Lipinski definition) is 1. The van der Waals surface area contributed by atoms with E-state index >= 15 is 0 Å². The van der Waals surface area contributed by atoms with Gasteiger partial charge in [0.15, 0.2) is 0 Å². The summed E-state index contributed by atoms with van der Waals surface area (Å²) in [6.07, 6.45) is 5.14. The van der Waals surface area contributed by atoms with Crippen molar-refractivity contribution in [3.63, 3.8) is 0 Å². The van der Waals surface area contributed by atoms with E-state index in [4.69, 9.17) is 0 Å². The summed E-state index contributed by atoms with van der Waals surface area (Å²) in [5, 5.41) is 5.92. The van der Waals surface area contributed by atoms with Crippen molar-refractivity contribution in [3.8, 4) is 0 Å². The van der Waals surface area contributed by atoms with E-state index in [1.165, 1.54) is 41.6 Å². The van der Waals surface area contributed by atoms with Gasteiger partial charge in [-0.2, -0.15) is 0 Å². The second-order valence-corrected chi connectivity index (χ2v) is 7.41. The number of piperazine rings is 1. The molecule has 0 aromatic carbocycles. The molecule has 1 aromatic rings. The molecule has 0 saturated carbocycles. The predicted molar refractivity (Wildman–Crippen MR) is 87.8 cm³/mol. The average Bonchev–Trinajstić information content (AvgIpc) is 2.79. The van der Waals surface area contributed by atoms with Crippen molar-refractivity contribution in [2.75, 3.05) is 13.1 Å². The molecule has 1 aromatic heterocycles. The molecule has 0 aliphatic carbocycles. The normalized spacial score (nSPS) is 24.8. The first-order valence-corrected chi connectivity index (χ1v) is 9.10. The highest BCUT2D eigenvalue weighted by atomic mass is 79.9. The summed E-state index contributed by atoms with van der Waals surface area (Å²) in [4.78, 5) is 4.17. The van der Waals surface area contributed by atoms with E-state index in [2.05, 4.69) is 51.4 Å². The van der Waals surface area contributed by atoms with Crippen molar-refractivity contribution in [1.29, 1.82) is 0 Å². The third-order valence-corrected chi connectivity index (χ3v) is 5.54. The zero-order valence-corrected chi connectivity index (χ0v) is 14.4. The standard InChI is InChI=1S/C15H25BrN2S/c1-3-5-13-9-18(14(6-4-2)8-17-13)10-15-7-12(16)11-19-15/h7,11,13-14,17H,3-6,8-10H2,1-2H3. The molecule has 4 heteroatoms. The topological polar surface area (TPSA) is 15.3 Å². The second-order valence-electron chi connectivity index (χ2n) is 5.50. The lowest BCUT2D eigenvalue weighted by atomic mass is 10.0. The maximum atomic E-state index is 3.73. The summed E-state index contributed by atoms with van der Waals surface area (Å²) >= 11 is 5.43. The van der Waals surface area contributed by atoms with Gasteiger partial charge in [0.2, 0.25) is 0 Å². The number of halogens is 1. The van der Waals surface area contributed by atoms with Crippen LogP contribution in [0.5, 0.6) is 0 Å². The first-order chi connectivity index (χ1) is 9.22. The molecular weight excluding hydrogens is 320 g/mol. The van der Waals surface area contributed by atoms with Crippen LogP contribution in [0.3, 0.4) is 0 Å². The average molecular weight is 345 g/mol. The van der Waals surface area contributed by atoms with Gasteiger partial charge in [-0.05, 0) is 34.8 Å². The van der Waals surface area contributed by atoms with Crippen molar-refractivity contribution >= 4 is 27.3 Å². The Bertz CT molecular complexity index is 380. The van der Waals surface area contributed by atoms with Crippen molar-refractivity contribution in [1.82, 2.24) is 10.2 Å². The van der Waals surface area contributed by atoms with E-state index in [1.54, 1.807) is 0 Å². The van der Waals surface area contributed by atoms with Crippen LogP contribution in [0.4, 0.5) is 0 Å². The molecule has 1 aliphatic heterocycles. The fourth-order valence-electron chi connectivity index (χ4n) is 2.92. The molecule has 0 amide bonds. The molecule has 19 heavy (non-hydrogen) atoms. The Hall–Kier alpha value is 0.1000. The van der Waals surface area contributed by atoms with Crippen LogP contribution in [0.1, 0.15) is 44.4 Å². The largest absolute Gasteiger partial charge is 0.311 e. The van der Waals surface area contributed by atoms with Crippen molar-refractivity contribution in [3.05, 3.63) is 20.8 Å². The predicted octanol–water partition coefficient (Wildman–Crippen LogP) is 4.25. The van der Waals surface area contributed by atoms with Crippen LogP contribution in [-0.4, -0.2) is 30.1 Å². The summed E-state index contributed by atoms with van der Waals surface area (Å²) < 4.78 is 1.22. The molecule has 1 N–H and O–H groups in total. The molecule has 1 fully saturated rings. The minimum absolute atomic E-state index is 0.682. The van der Waals surface area contributed by atoms with Gasteiger partial charge in [0.05, 0.1) is 0 Å². The van der Waals surface area contributed by atoms with Crippen LogP contribution < -0.4 is 5.32 Å². The highest BCUT2D eigenvalue weighted by Gasteiger charge is 2.26. The van der Waals surface area contributed by atoms with E-state index in [9.17, 15) is 0 Å². The van der Waals surface area contributed by atoms with Crippen LogP contribution in [0.15, 0.2) is 15.9 Å². The third-order valence-electron chi connectivity index (χ3n) is 3.85. The van der Waals surface area contributed by atoms with Gasteiger partial charge in [0.1, 0.15) is 0 Å². The van der Waals surface area contributed by atoms with Crippen LogP contribution in [-0.2, 0) is 6.54 Å². The zero-order valence-electron chi connectivity index (χ0n) is 12.0. The van der Waals surface area contributed by atoms with Gasteiger partial charge in [0.25, 0.3) is 0 Å². The molecule has 108 valence electrons. The third kappa shape index (κ3) is 4.55. The van der Waals surface area contributed by atoms with E-state index in [0.29, 0.717) is 12.1 Å². The Labute approximate surface area is 129 Å². The molecule has 0 radical (unpaired) electrons. The van der Waals surface area contributed by atoms with E-state index in [-0.39, 0.29) is 0 Å². The smallest absolute Gasteiger partial charge is 0.0332 e. The summed E-state index contributed by atoms with van der Waals surface area (Å²) in [5.74, 6) is 0. The van der Waals surface area contributed by atoms with Gasteiger partial charge in [-0.25, -0.2) is 0 Å². The highest BCUT2D eigenvalue weighted by molar-refractivity contribution is 9.10. The Morgan fingerprint density at radius 2 is 2.16 bits per heavy atom. The second kappa shape index (κ2) is 7.77. The lowest BCUT2D eigenvalue weighted by molar-refractivity contribution is 0.113. The Morgan fingerprint density at radius 1 is 1.37 bits per heavy atom. The SMILES string of the molecule is CCCC1CN(Cc2cc(Br)cs2)C(CCC)CN1. The van der Waals surface area contributed by atoms with Crippen molar-refractivity contribution in [2.45, 2.75) is 58.2 Å².